The highest BCUT2D eigenvalue weighted by atomic mass is 35.5. The fourth-order valence-electron chi connectivity index (χ4n) is 2.73. The first-order valence-electron chi connectivity index (χ1n) is 5.98. The molecule has 2 atom stereocenters. The minimum Gasteiger partial charge on any atom is -0.306 e. The van der Waals surface area contributed by atoms with Crippen LogP contribution in [0.25, 0.3) is 0 Å². The molecular weight excluding hydrogens is 288 g/mol. The van der Waals surface area contributed by atoms with Crippen molar-refractivity contribution in [3.63, 3.8) is 0 Å². The third kappa shape index (κ3) is 2.35. The van der Waals surface area contributed by atoms with Crippen molar-refractivity contribution in [2.75, 3.05) is 23.0 Å². The maximum atomic E-state index is 12.1. The van der Waals surface area contributed by atoms with E-state index in [1.807, 2.05) is 0 Å². The highest BCUT2D eigenvalue weighted by Gasteiger charge is 2.45. The quantitative estimate of drug-likeness (QED) is 0.817. The zero-order chi connectivity index (χ0) is 13.6. The van der Waals surface area contributed by atoms with Gasteiger partial charge in [0.05, 0.1) is 24.1 Å². The Morgan fingerprint density at radius 1 is 1.32 bits per heavy atom. The molecule has 0 aromatic heterocycles. The van der Waals surface area contributed by atoms with E-state index in [1.54, 1.807) is 29.2 Å². The summed E-state index contributed by atoms with van der Waals surface area (Å²) < 4.78 is 23.5. The average molecular weight is 301 g/mol. The fourth-order valence-corrected chi connectivity index (χ4v) is 4.84. The van der Waals surface area contributed by atoms with Gasteiger partial charge in [-0.3, -0.25) is 4.79 Å². The summed E-state index contributed by atoms with van der Waals surface area (Å²) in [6, 6.07) is 6.40. The molecule has 2 fully saturated rings. The summed E-state index contributed by atoms with van der Waals surface area (Å²) >= 11 is 5.94. The minimum atomic E-state index is -3.09. The van der Waals surface area contributed by atoms with E-state index in [9.17, 15) is 13.2 Å². The van der Waals surface area contributed by atoms with E-state index in [1.165, 1.54) is 0 Å². The normalized spacial score (nSPS) is 29.3. The van der Waals surface area contributed by atoms with E-state index >= 15 is 0 Å². The molecule has 0 aliphatic carbocycles. The van der Waals surface area contributed by atoms with Crippen molar-refractivity contribution < 1.29 is 13.2 Å². The third-order valence-corrected chi connectivity index (χ3v) is 5.48. The molecule has 3 rings (SSSR count). The molecule has 1 amide bonds. The van der Waals surface area contributed by atoms with Gasteiger partial charge in [-0.25, -0.2) is 8.42 Å². The van der Waals surface area contributed by atoms with Gasteiger partial charge in [0.25, 0.3) is 0 Å². The van der Waals surface area contributed by atoms with Crippen LogP contribution in [0.3, 0.4) is 0 Å². The van der Waals surface area contributed by atoms with Gasteiger partial charge in [0.15, 0.2) is 9.84 Å². The summed E-state index contributed by atoms with van der Waals surface area (Å²) in [4.78, 5) is 13.7. The van der Waals surface area contributed by atoms with Gasteiger partial charge in [-0.05, 0) is 18.2 Å². The van der Waals surface area contributed by atoms with Crippen LogP contribution in [0.4, 0.5) is 5.69 Å². The maximum Gasteiger partial charge on any atom is 0.241 e. The lowest BCUT2D eigenvalue weighted by Crippen LogP contribution is -2.60. The summed E-state index contributed by atoms with van der Waals surface area (Å²) in [5, 5.41) is 3.53. The molecule has 2 saturated heterocycles. The van der Waals surface area contributed by atoms with Crippen molar-refractivity contribution in [3.05, 3.63) is 29.3 Å². The Morgan fingerprint density at radius 3 is 2.84 bits per heavy atom. The third-order valence-electron chi connectivity index (χ3n) is 3.52. The highest BCUT2D eigenvalue weighted by molar-refractivity contribution is 7.91. The number of sulfone groups is 1. The van der Waals surface area contributed by atoms with E-state index < -0.39 is 9.84 Å². The lowest BCUT2D eigenvalue weighted by molar-refractivity contribution is -0.119. The van der Waals surface area contributed by atoms with Crippen LogP contribution in [-0.2, 0) is 14.6 Å². The van der Waals surface area contributed by atoms with Crippen LogP contribution in [0, 0.1) is 0 Å². The van der Waals surface area contributed by atoms with E-state index in [-0.39, 0.29) is 36.0 Å². The van der Waals surface area contributed by atoms with Crippen molar-refractivity contribution in [1.82, 2.24) is 5.32 Å². The number of carbonyl (C=O) groups excluding carboxylic acids is 1. The summed E-state index contributed by atoms with van der Waals surface area (Å²) in [7, 11) is -3.09. The summed E-state index contributed by atoms with van der Waals surface area (Å²) in [6.07, 6.45) is 0. The van der Waals surface area contributed by atoms with Crippen molar-refractivity contribution in [2.24, 2.45) is 0 Å². The average Bonchev–Trinajstić information content (AvgIpc) is 2.63. The number of carbonyl (C=O) groups is 1. The Morgan fingerprint density at radius 2 is 2.11 bits per heavy atom. The number of nitrogens with zero attached hydrogens (tertiary/aromatic N) is 1. The lowest BCUT2D eigenvalue weighted by atomic mass is 10.1. The first-order chi connectivity index (χ1) is 8.96. The Labute approximate surface area is 116 Å². The molecule has 19 heavy (non-hydrogen) atoms. The second-order valence-corrected chi connectivity index (χ2v) is 7.47. The first-order valence-corrected chi connectivity index (χ1v) is 8.18. The molecule has 7 heteroatoms. The molecule has 0 spiro atoms. The van der Waals surface area contributed by atoms with Gasteiger partial charge < -0.3 is 10.2 Å². The molecule has 1 aromatic rings. The lowest BCUT2D eigenvalue weighted by Gasteiger charge is -2.37. The molecule has 0 bridgehead atoms. The molecule has 1 aromatic carbocycles. The number of amides is 1. The van der Waals surface area contributed by atoms with Crippen molar-refractivity contribution >= 4 is 33.0 Å². The number of anilines is 1. The van der Waals surface area contributed by atoms with Crippen LogP contribution in [0.1, 0.15) is 0 Å². The molecule has 0 unspecified atom stereocenters. The second kappa shape index (κ2) is 4.47. The van der Waals surface area contributed by atoms with Crippen molar-refractivity contribution in [3.8, 4) is 0 Å². The van der Waals surface area contributed by atoms with Crippen molar-refractivity contribution in [2.45, 2.75) is 12.1 Å². The van der Waals surface area contributed by atoms with Crippen LogP contribution in [0.2, 0.25) is 5.02 Å². The van der Waals surface area contributed by atoms with Gasteiger partial charge in [0.2, 0.25) is 5.91 Å². The van der Waals surface area contributed by atoms with Crippen LogP contribution in [0.5, 0.6) is 0 Å². The Kier molecular flexibility index (Phi) is 3.03. The summed E-state index contributed by atoms with van der Waals surface area (Å²) in [5.74, 6) is -0.0362. The van der Waals surface area contributed by atoms with E-state index in [0.717, 1.165) is 0 Å². The largest absolute Gasteiger partial charge is 0.306 e. The minimum absolute atomic E-state index is 0.00290. The molecule has 1 N–H and O–H groups in total. The molecule has 2 aliphatic heterocycles. The smallest absolute Gasteiger partial charge is 0.241 e. The number of hydrogen-bond donors (Lipinski definition) is 1. The molecule has 2 aliphatic rings. The number of benzene rings is 1. The van der Waals surface area contributed by atoms with Gasteiger partial charge in [-0.15, -0.1) is 0 Å². The predicted molar refractivity (Wildman–Crippen MR) is 73.2 cm³/mol. The van der Waals surface area contributed by atoms with Gasteiger partial charge >= 0.3 is 0 Å². The predicted octanol–water partition coefficient (Wildman–Crippen LogP) is 0.442. The van der Waals surface area contributed by atoms with Crippen LogP contribution in [-0.4, -0.2) is 44.5 Å². The molecule has 5 nitrogen and oxygen atoms in total. The topological polar surface area (TPSA) is 66.5 Å². The zero-order valence-corrected chi connectivity index (χ0v) is 11.6. The molecule has 0 radical (unpaired) electrons. The fraction of sp³-hybridized carbons (Fsp3) is 0.417. The Bertz CT molecular complexity index is 632. The standard InChI is InChI=1S/C12H13ClN2O3S/c13-8-2-1-3-9(4-8)15-11-7-19(17,18)6-10(11)14-5-12(15)16/h1-4,10-11,14H,5-7H2/t10-,11+/m1/s1. The van der Waals surface area contributed by atoms with E-state index in [4.69, 9.17) is 11.6 Å². The van der Waals surface area contributed by atoms with Gasteiger partial charge in [0.1, 0.15) is 0 Å². The van der Waals surface area contributed by atoms with E-state index in [0.29, 0.717) is 10.7 Å². The summed E-state index contributed by atoms with van der Waals surface area (Å²) in [6.45, 7) is 0.156. The molecule has 2 heterocycles. The van der Waals surface area contributed by atoms with Crippen LogP contribution >= 0.6 is 11.6 Å². The number of rotatable bonds is 1. The number of piperazine rings is 1. The molecular formula is C12H13ClN2O3S. The maximum absolute atomic E-state index is 12.1. The van der Waals surface area contributed by atoms with Gasteiger partial charge in [0, 0.05) is 16.8 Å². The number of hydrogen-bond acceptors (Lipinski definition) is 4. The molecule has 102 valence electrons. The number of fused-ring (bicyclic) bond motifs is 1. The summed E-state index contributed by atoms with van der Waals surface area (Å²) in [5.41, 5.74) is 0.658. The second-order valence-electron chi connectivity index (χ2n) is 4.88. The molecule has 0 saturated carbocycles. The van der Waals surface area contributed by atoms with Gasteiger partial charge in [-0.1, -0.05) is 17.7 Å². The number of halogens is 1. The Balaban J connectivity index is 2.00. The SMILES string of the molecule is O=C1CN[C@@H]2CS(=O)(=O)C[C@@H]2N1c1cccc(Cl)c1. The first kappa shape index (κ1) is 12.9. The highest BCUT2D eigenvalue weighted by Crippen LogP contribution is 2.28. The van der Waals surface area contributed by atoms with Crippen molar-refractivity contribution in [1.29, 1.82) is 0 Å². The number of nitrogens with one attached hydrogen (secondary N) is 1. The van der Waals surface area contributed by atoms with E-state index in [2.05, 4.69) is 5.32 Å². The van der Waals surface area contributed by atoms with Gasteiger partial charge in [-0.2, -0.15) is 0 Å². The van der Waals surface area contributed by atoms with Crippen LogP contribution < -0.4 is 10.2 Å². The van der Waals surface area contributed by atoms with Crippen LogP contribution in [0.15, 0.2) is 24.3 Å². The Hall–Kier alpha value is -1.11. The monoisotopic (exact) mass is 300 g/mol. The zero-order valence-electron chi connectivity index (χ0n) is 10.0.